The molecule has 1 amide bonds. The average molecular weight is 379 g/mol. The minimum atomic E-state index is -0.0440. The number of carbonyl (C=O) groups excluding carboxylic acids is 1. The highest BCUT2D eigenvalue weighted by Crippen LogP contribution is 2.22. The van der Waals surface area contributed by atoms with Crippen LogP contribution < -0.4 is 5.32 Å². The van der Waals surface area contributed by atoms with Crippen LogP contribution in [0.4, 0.5) is 0 Å². The van der Waals surface area contributed by atoms with Crippen LogP contribution in [0.1, 0.15) is 27.5 Å². The van der Waals surface area contributed by atoms with Crippen LogP contribution in [0.15, 0.2) is 54.9 Å². The van der Waals surface area contributed by atoms with Gasteiger partial charge >= 0.3 is 0 Å². The van der Waals surface area contributed by atoms with Gasteiger partial charge in [0.15, 0.2) is 5.13 Å². The zero-order chi connectivity index (χ0) is 18.8. The van der Waals surface area contributed by atoms with Crippen molar-refractivity contribution in [1.29, 1.82) is 0 Å². The van der Waals surface area contributed by atoms with Crippen molar-refractivity contribution in [3.05, 3.63) is 71.1 Å². The maximum atomic E-state index is 12.5. The molecule has 0 atom stereocenters. The lowest BCUT2D eigenvalue weighted by molar-refractivity contribution is 0.0956. The number of nitrogens with zero attached hydrogens (tertiary/aromatic N) is 3. The Morgan fingerprint density at radius 3 is 2.74 bits per heavy atom. The fourth-order valence-electron chi connectivity index (χ4n) is 3.33. The van der Waals surface area contributed by atoms with Gasteiger partial charge in [-0.2, -0.15) is 0 Å². The van der Waals surface area contributed by atoms with Crippen LogP contribution in [0, 0.1) is 13.8 Å². The highest BCUT2D eigenvalue weighted by Gasteiger charge is 2.15. The fraction of sp³-hybridized carbons (Fsp3) is 0.238. The summed E-state index contributed by atoms with van der Waals surface area (Å²) >= 11 is 1.42. The topological polar surface area (TPSA) is 51.9 Å². The third-order valence-corrected chi connectivity index (χ3v) is 5.85. The van der Waals surface area contributed by atoms with Gasteiger partial charge in [0.1, 0.15) is 4.88 Å². The number of hydrogen-bond donors (Lipinski definition) is 1. The van der Waals surface area contributed by atoms with Crippen LogP contribution >= 0.6 is 11.3 Å². The zero-order valence-electron chi connectivity index (χ0n) is 15.5. The Bertz CT molecular complexity index is 1080. The summed E-state index contributed by atoms with van der Waals surface area (Å²) < 4.78 is 4.23. The van der Waals surface area contributed by atoms with Gasteiger partial charge < -0.3 is 14.5 Å². The first kappa shape index (κ1) is 17.5. The van der Waals surface area contributed by atoms with Gasteiger partial charge in [-0.05, 0) is 49.9 Å². The van der Waals surface area contributed by atoms with E-state index in [-0.39, 0.29) is 5.91 Å². The van der Waals surface area contributed by atoms with Crippen LogP contribution in [0.25, 0.3) is 16.0 Å². The van der Waals surface area contributed by atoms with E-state index in [0.29, 0.717) is 11.4 Å². The second kappa shape index (κ2) is 7.40. The number of carbonyl (C=O) groups is 1. The summed E-state index contributed by atoms with van der Waals surface area (Å²) in [4.78, 5) is 17.7. The molecule has 0 aliphatic heterocycles. The molecular formula is C21H22N4OS. The number of amides is 1. The molecule has 3 heterocycles. The normalized spacial score (nSPS) is 11.2. The molecular weight excluding hydrogens is 356 g/mol. The van der Waals surface area contributed by atoms with Gasteiger partial charge in [-0.1, -0.05) is 29.5 Å². The van der Waals surface area contributed by atoms with Gasteiger partial charge in [0.05, 0.1) is 5.69 Å². The lowest BCUT2D eigenvalue weighted by Gasteiger charge is -2.09. The van der Waals surface area contributed by atoms with Gasteiger partial charge in [0.2, 0.25) is 0 Å². The van der Waals surface area contributed by atoms with E-state index in [9.17, 15) is 4.79 Å². The maximum absolute atomic E-state index is 12.5. The average Bonchev–Trinajstić information content (AvgIpc) is 3.37. The van der Waals surface area contributed by atoms with E-state index in [2.05, 4.69) is 52.1 Å². The van der Waals surface area contributed by atoms with Gasteiger partial charge in [0.25, 0.3) is 5.91 Å². The van der Waals surface area contributed by atoms with Crippen LogP contribution in [-0.4, -0.2) is 26.6 Å². The summed E-state index contributed by atoms with van der Waals surface area (Å²) in [5.41, 5.74) is 3.27. The molecule has 0 radical (unpaired) electrons. The van der Waals surface area contributed by atoms with E-state index < -0.39 is 0 Å². The lowest BCUT2D eigenvalue weighted by Crippen LogP contribution is -2.25. The summed E-state index contributed by atoms with van der Waals surface area (Å²) in [6.07, 6.45) is 4.75. The second-order valence-corrected chi connectivity index (χ2v) is 7.58. The quantitative estimate of drug-likeness (QED) is 0.508. The Balaban J connectivity index is 1.37. The Morgan fingerprint density at radius 2 is 1.93 bits per heavy atom. The molecule has 0 spiro atoms. The summed E-state index contributed by atoms with van der Waals surface area (Å²) in [6.45, 7) is 5.53. The standard InChI is InChI=1S/C21H22N4OS/c1-15-14-17-8-3-4-9-18(17)25(15)13-7-10-22-20(26)19-16(2)23-21(27-19)24-11-5-6-12-24/h3-6,8-9,11-12,14H,7,10,13H2,1-2H3,(H,22,26). The molecule has 0 bridgehead atoms. The summed E-state index contributed by atoms with van der Waals surface area (Å²) in [6, 6.07) is 14.5. The molecule has 3 aromatic heterocycles. The highest BCUT2D eigenvalue weighted by atomic mass is 32.1. The highest BCUT2D eigenvalue weighted by molar-refractivity contribution is 7.16. The summed E-state index contributed by atoms with van der Waals surface area (Å²) in [5.74, 6) is -0.0440. The van der Waals surface area contributed by atoms with Crippen molar-refractivity contribution < 1.29 is 4.79 Å². The van der Waals surface area contributed by atoms with E-state index in [4.69, 9.17) is 0 Å². The predicted molar refractivity (Wildman–Crippen MR) is 110 cm³/mol. The Hall–Kier alpha value is -2.86. The largest absolute Gasteiger partial charge is 0.351 e. The smallest absolute Gasteiger partial charge is 0.263 e. The van der Waals surface area contributed by atoms with Gasteiger partial charge in [-0.3, -0.25) is 4.79 Å². The van der Waals surface area contributed by atoms with Crippen molar-refractivity contribution in [3.63, 3.8) is 0 Å². The number of hydrogen-bond acceptors (Lipinski definition) is 3. The molecule has 27 heavy (non-hydrogen) atoms. The Kier molecular flexibility index (Phi) is 4.81. The van der Waals surface area contributed by atoms with Crippen molar-refractivity contribution in [2.75, 3.05) is 6.54 Å². The van der Waals surface area contributed by atoms with Crippen molar-refractivity contribution in [2.24, 2.45) is 0 Å². The molecule has 6 heteroatoms. The molecule has 5 nitrogen and oxygen atoms in total. The van der Waals surface area contributed by atoms with Crippen LogP contribution in [0.5, 0.6) is 0 Å². The predicted octanol–water partition coefficient (Wildman–Crippen LogP) is 4.33. The Morgan fingerprint density at radius 1 is 1.15 bits per heavy atom. The van der Waals surface area contributed by atoms with E-state index in [1.807, 2.05) is 36.0 Å². The number of para-hydroxylation sites is 1. The van der Waals surface area contributed by atoms with Crippen LogP contribution in [0.3, 0.4) is 0 Å². The van der Waals surface area contributed by atoms with Crippen molar-refractivity contribution in [2.45, 2.75) is 26.8 Å². The molecule has 0 saturated carbocycles. The second-order valence-electron chi connectivity index (χ2n) is 6.61. The van der Waals surface area contributed by atoms with E-state index in [0.717, 1.165) is 23.8 Å². The third kappa shape index (κ3) is 3.53. The minimum Gasteiger partial charge on any atom is -0.351 e. The molecule has 4 aromatic rings. The molecule has 1 aromatic carbocycles. The summed E-state index contributed by atoms with van der Waals surface area (Å²) in [5, 5.41) is 5.11. The monoisotopic (exact) mass is 378 g/mol. The Labute approximate surface area is 162 Å². The van der Waals surface area contributed by atoms with Crippen molar-refractivity contribution >= 4 is 28.1 Å². The summed E-state index contributed by atoms with van der Waals surface area (Å²) in [7, 11) is 0. The maximum Gasteiger partial charge on any atom is 0.263 e. The first-order valence-electron chi connectivity index (χ1n) is 9.07. The van der Waals surface area contributed by atoms with Gasteiger partial charge in [-0.25, -0.2) is 4.98 Å². The van der Waals surface area contributed by atoms with Crippen LogP contribution in [-0.2, 0) is 6.54 Å². The zero-order valence-corrected chi connectivity index (χ0v) is 16.3. The molecule has 138 valence electrons. The van der Waals surface area contributed by atoms with Gasteiger partial charge in [-0.15, -0.1) is 0 Å². The molecule has 1 N–H and O–H groups in total. The molecule has 0 fully saturated rings. The number of thiazole rings is 1. The number of nitrogens with one attached hydrogen (secondary N) is 1. The van der Waals surface area contributed by atoms with Crippen molar-refractivity contribution in [1.82, 2.24) is 19.4 Å². The van der Waals surface area contributed by atoms with E-state index in [1.54, 1.807) is 0 Å². The number of rotatable bonds is 6. The molecule has 4 rings (SSSR count). The molecule has 0 aliphatic rings. The SMILES string of the molecule is Cc1nc(-n2cccc2)sc1C(=O)NCCCn1c(C)cc2ccccc21. The molecule has 0 unspecified atom stereocenters. The van der Waals surface area contributed by atoms with Crippen molar-refractivity contribution in [3.8, 4) is 5.13 Å². The number of fused-ring (bicyclic) bond motifs is 1. The van der Waals surface area contributed by atoms with Gasteiger partial charge in [0, 0.05) is 36.7 Å². The number of aromatic nitrogens is 3. The minimum absolute atomic E-state index is 0.0440. The van der Waals surface area contributed by atoms with E-state index in [1.165, 1.54) is 27.9 Å². The fourth-order valence-corrected chi connectivity index (χ4v) is 4.28. The molecule has 0 saturated heterocycles. The first-order valence-corrected chi connectivity index (χ1v) is 9.89. The molecule has 0 aliphatic carbocycles. The lowest BCUT2D eigenvalue weighted by atomic mass is 10.2. The van der Waals surface area contributed by atoms with Crippen LogP contribution in [0.2, 0.25) is 0 Å². The first-order chi connectivity index (χ1) is 13.1. The third-order valence-electron chi connectivity index (χ3n) is 4.68. The van der Waals surface area contributed by atoms with E-state index >= 15 is 0 Å². The number of benzene rings is 1. The number of aryl methyl sites for hydroxylation is 3.